The molecule has 0 aromatic heterocycles. The Kier molecular flexibility index (Phi) is 11.2. The molecule has 0 aliphatic rings. The van der Waals surface area contributed by atoms with E-state index in [1.54, 1.807) is 45.9 Å². The van der Waals surface area contributed by atoms with Crippen molar-refractivity contribution in [1.82, 2.24) is 15.5 Å². The molecule has 0 spiro atoms. The van der Waals surface area contributed by atoms with Crippen LogP contribution in [0.4, 0.5) is 4.79 Å². The zero-order valence-electron chi connectivity index (χ0n) is 22.2. The quantitative estimate of drug-likeness (QED) is 0.407. The van der Waals surface area contributed by atoms with Crippen LogP contribution in [0.25, 0.3) is 0 Å². The van der Waals surface area contributed by atoms with E-state index in [9.17, 15) is 19.5 Å². The van der Waals surface area contributed by atoms with Crippen LogP contribution in [0.2, 0.25) is 0 Å². The minimum absolute atomic E-state index is 0.0280. The van der Waals surface area contributed by atoms with Gasteiger partial charge in [-0.3, -0.25) is 9.59 Å². The van der Waals surface area contributed by atoms with Gasteiger partial charge in [0.2, 0.25) is 11.8 Å². The van der Waals surface area contributed by atoms with Crippen LogP contribution >= 0.6 is 11.8 Å². The van der Waals surface area contributed by atoms with Crippen molar-refractivity contribution in [2.45, 2.75) is 78.1 Å². The Morgan fingerprint density at radius 3 is 2.34 bits per heavy atom. The zero-order valence-corrected chi connectivity index (χ0v) is 23.0. The van der Waals surface area contributed by atoms with Gasteiger partial charge in [0.05, 0.1) is 0 Å². The van der Waals surface area contributed by atoms with Crippen molar-refractivity contribution >= 4 is 29.7 Å². The van der Waals surface area contributed by atoms with Crippen LogP contribution in [-0.2, 0) is 14.3 Å². The second kappa shape index (κ2) is 12.9. The van der Waals surface area contributed by atoms with Crippen molar-refractivity contribution in [3.8, 4) is 5.75 Å². The highest BCUT2D eigenvalue weighted by atomic mass is 32.2. The van der Waals surface area contributed by atoms with E-state index in [2.05, 4.69) is 17.2 Å². The van der Waals surface area contributed by atoms with Crippen molar-refractivity contribution in [2.24, 2.45) is 0 Å². The fourth-order valence-corrected chi connectivity index (χ4v) is 3.87. The molecular formula is C26H41N3O5S. The first-order valence-corrected chi connectivity index (χ1v) is 13.0. The van der Waals surface area contributed by atoms with E-state index >= 15 is 0 Å². The Labute approximate surface area is 213 Å². The van der Waals surface area contributed by atoms with E-state index in [-0.39, 0.29) is 12.3 Å². The van der Waals surface area contributed by atoms with E-state index in [0.717, 1.165) is 0 Å². The van der Waals surface area contributed by atoms with E-state index in [1.165, 1.54) is 22.7 Å². The number of nitrogens with zero attached hydrogens (tertiary/aromatic N) is 1. The van der Waals surface area contributed by atoms with Gasteiger partial charge in [-0.05, 0) is 72.5 Å². The summed E-state index contributed by atoms with van der Waals surface area (Å²) in [4.78, 5) is 41.2. The molecule has 9 heteroatoms. The third-order valence-corrected chi connectivity index (χ3v) is 5.47. The molecule has 0 saturated carbocycles. The maximum Gasteiger partial charge on any atom is 0.408 e. The first kappa shape index (κ1) is 30.4. The summed E-state index contributed by atoms with van der Waals surface area (Å²) < 4.78 is 5.36. The molecule has 35 heavy (non-hydrogen) atoms. The molecule has 0 saturated heterocycles. The first-order valence-electron chi connectivity index (χ1n) is 11.6. The summed E-state index contributed by atoms with van der Waals surface area (Å²) in [6.45, 7) is 16.2. The predicted octanol–water partition coefficient (Wildman–Crippen LogP) is 4.32. The maximum absolute atomic E-state index is 13.9. The molecule has 0 aliphatic carbocycles. The number of hydrogen-bond acceptors (Lipinski definition) is 6. The SMILES string of the molecule is C=CCN(C(=O)C(CCSC)NC(=O)OC(C)(C)C)C(C(=O)NC(C)(C)C)c1cccc(C)c1O. The van der Waals surface area contributed by atoms with Gasteiger partial charge in [0.1, 0.15) is 23.4 Å². The lowest BCUT2D eigenvalue weighted by Gasteiger charge is -2.35. The largest absolute Gasteiger partial charge is 0.507 e. The monoisotopic (exact) mass is 507 g/mol. The highest BCUT2D eigenvalue weighted by Crippen LogP contribution is 2.32. The Balaban J connectivity index is 3.53. The smallest absolute Gasteiger partial charge is 0.408 e. The number of rotatable bonds is 10. The number of phenolic OH excluding ortho intramolecular Hbond substituents is 1. The number of aromatic hydroxyl groups is 1. The van der Waals surface area contributed by atoms with Crippen LogP contribution in [0.3, 0.4) is 0 Å². The molecule has 0 bridgehead atoms. The molecule has 196 valence electrons. The molecule has 8 nitrogen and oxygen atoms in total. The number of alkyl carbamates (subject to hydrolysis) is 1. The number of phenols is 1. The van der Waals surface area contributed by atoms with Gasteiger partial charge in [-0.2, -0.15) is 11.8 Å². The van der Waals surface area contributed by atoms with E-state index in [0.29, 0.717) is 23.3 Å². The number of benzene rings is 1. The van der Waals surface area contributed by atoms with Gasteiger partial charge in [0, 0.05) is 17.6 Å². The van der Waals surface area contributed by atoms with Gasteiger partial charge in [-0.1, -0.05) is 24.3 Å². The lowest BCUT2D eigenvalue weighted by molar-refractivity contribution is -0.142. The number of ether oxygens (including phenoxy) is 1. The molecule has 2 atom stereocenters. The number of amides is 3. The molecule has 0 radical (unpaired) electrons. The number of hydrogen-bond donors (Lipinski definition) is 3. The van der Waals surface area contributed by atoms with Gasteiger partial charge in [0.15, 0.2) is 0 Å². The Bertz CT molecular complexity index is 905. The highest BCUT2D eigenvalue weighted by molar-refractivity contribution is 7.98. The van der Waals surface area contributed by atoms with Crippen molar-refractivity contribution in [2.75, 3.05) is 18.6 Å². The van der Waals surface area contributed by atoms with Gasteiger partial charge < -0.3 is 25.4 Å². The summed E-state index contributed by atoms with van der Waals surface area (Å²) >= 11 is 1.53. The molecule has 1 rings (SSSR count). The zero-order chi connectivity index (χ0) is 27.0. The Morgan fingerprint density at radius 1 is 1.20 bits per heavy atom. The summed E-state index contributed by atoms with van der Waals surface area (Å²) in [7, 11) is 0. The molecule has 3 N–H and O–H groups in total. The van der Waals surface area contributed by atoms with E-state index < -0.39 is 41.1 Å². The number of nitrogens with one attached hydrogen (secondary N) is 2. The summed E-state index contributed by atoms with van der Waals surface area (Å²) in [6.07, 6.45) is 3.03. The lowest BCUT2D eigenvalue weighted by atomic mass is 9.97. The number of carbonyl (C=O) groups is 3. The van der Waals surface area contributed by atoms with Crippen LogP contribution in [0, 0.1) is 6.92 Å². The average Bonchev–Trinajstić information content (AvgIpc) is 2.70. The predicted molar refractivity (Wildman–Crippen MR) is 142 cm³/mol. The summed E-state index contributed by atoms with van der Waals surface area (Å²) in [5.41, 5.74) is -0.443. The van der Waals surface area contributed by atoms with Crippen LogP contribution in [0.5, 0.6) is 5.75 Å². The highest BCUT2D eigenvalue weighted by Gasteiger charge is 2.38. The normalized spacial score (nSPS) is 13.4. The Hall–Kier alpha value is -2.68. The first-order chi connectivity index (χ1) is 16.1. The second-order valence-electron chi connectivity index (χ2n) is 10.4. The van der Waals surface area contributed by atoms with Gasteiger partial charge in [-0.25, -0.2) is 4.79 Å². The number of aryl methyl sites for hydroxylation is 1. The van der Waals surface area contributed by atoms with Crippen LogP contribution in [-0.4, -0.2) is 63.6 Å². The van der Waals surface area contributed by atoms with Crippen LogP contribution in [0.1, 0.15) is 65.1 Å². The summed E-state index contributed by atoms with van der Waals surface area (Å²) in [5.74, 6) is -0.388. The molecule has 3 amide bonds. The van der Waals surface area contributed by atoms with Gasteiger partial charge in [-0.15, -0.1) is 6.58 Å². The molecular weight excluding hydrogens is 466 g/mol. The minimum atomic E-state index is -1.14. The second-order valence-corrected chi connectivity index (χ2v) is 11.4. The molecule has 0 aliphatic heterocycles. The fraction of sp³-hybridized carbons (Fsp3) is 0.577. The van der Waals surface area contributed by atoms with Gasteiger partial charge >= 0.3 is 6.09 Å². The Morgan fingerprint density at radius 2 is 1.83 bits per heavy atom. The van der Waals surface area contributed by atoms with E-state index in [1.807, 2.05) is 27.0 Å². The van der Waals surface area contributed by atoms with Crippen molar-refractivity contribution in [1.29, 1.82) is 0 Å². The number of thioether (sulfide) groups is 1. The standard InChI is InChI=1S/C26H41N3O5S/c1-10-15-29(23(32)19(14-16-35-9)27-24(33)34-26(6,7)8)20(22(31)28-25(3,4)5)18-13-11-12-17(2)21(18)30/h10-13,19-20,30H,1,14-16H2,2-9H3,(H,27,33)(H,28,31). The minimum Gasteiger partial charge on any atom is -0.507 e. The third kappa shape index (κ3) is 9.84. The average molecular weight is 508 g/mol. The molecule has 2 unspecified atom stereocenters. The summed E-state index contributed by atoms with van der Waals surface area (Å²) in [6, 6.07) is 2.99. The topological polar surface area (TPSA) is 108 Å². The molecule has 1 aromatic rings. The summed E-state index contributed by atoms with van der Waals surface area (Å²) in [5, 5.41) is 16.4. The van der Waals surface area contributed by atoms with Crippen molar-refractivity contribution < 1.29 is 24.2 Å². The lowest BCUT2D eigenvalue weighted by Crippen LogP contribution is -2.54. The molecule has 1 aromatic carbocycles. The van der Waals surface area contributed by atoms with Crippen LogP contribution in [0.15, 0.2) is 30.9 Å². The van der Waals surface area contributed by atoms with Crippen molar-refractivity contribution in [3.05, 3.63) is 42.0 Å². The number of carbonyl (C=O) groups excluding carboxylic acids is 3. The third-order valence-electron chi connectivity index (χ3n) is 4.83. The van der Waals surface area contributed by atoms with E-state index in [4.69, 9.17) is 4.74 Å². The van der Waals surface area contributed by atoms with Crippen LogP contribution < -0.4 is 10.6 Å². The van der Waals surface area contributed by atoms with Crippen molar-refractivity contribution in [3.63, 3.8) is 0 Å². The molecule has 0 heterocycles. The van der Waals surface area contributed by atoms with Gasteiger partial charge in [0.25, 0.3) is 0 Å². The fourth-order valence-electron chi connectivity index (χ4n) is 3.40. The molecule has 0 fully saturated rings. The maximum atomic E-state index is 13.9. The number of para-hydroxylation sites is 1.